The number of benzene rings is 3. The van der Waals surface area contributed by atoms with E-state index in [2.05, 4.69) is 39.7 Å². The molecule has 1 saturated heterocycles. The van der Waals surface area contributed by atoms with E-state index >= 15 is 0 Å². The van der Waals surface area contributed by atoms with Crippen LogP contribution in [0.2, 0.25) is 0 Å². The fraction of sp³-hybridized carbons (Fsp3) is 0.375. The third-order valence-electron chi connectivity index (χ3n) is 9.52. The average molecular weight is 678 g/mol. The minimum Gasteiger partial charge on any atom is -0.508 e. The Labute approximate surface area is 293 Å². The Morgan fingerprint density at radius 1 is 0.800 bits per heavy atom. The van der Waals surface area contributed by atoms with Crippen LogP contribution in [-0.4, -0.2) is 69.2 Å². The van der Waals surface area contributed by atoms with Gasteiger partial charge in [-0.15, -0.1) is 0 Å². The number of nitrogens with one attached hydrogen (secondary N) is 3. The molecule has 6 rings (SSSR count). The van der Waals surface area contributed by atoms with Crippen molar-refractivity contribution in [2.45, 2.75) is 84.1 Å². The van der Waals surface area contributed by atoms with E-state index in [1.165, 1.54) is 6.07 Å². The molecule has 0 radical (unpaired) electrons. The Hall–Kier alpha value is -4.93. The van der Waals surface area contributed by atoms with E-state index in [1.807, 2.05) is 50.2 Å². The van der Waals surface area contributed by atoms with Gasteiger partial charge in [0.15, 0.2) is 0 Å². The zero-order valence-corrected chi connectivity index (χ0v) is 29.2. The van der Waals surface area contributed by atoms with Crippen molar-refractivity contribution in [2.75, 3.05) is 13.1 Å². The molecule has 2 atom stereocenters. The molecule has 1 aliphatic heterocycles. The third kappa shape index (κ3) is 8.61. The standard InChI is InChI=1S/C40H47N5O5/c1-24-8-14-37(47)34(16-24)38(48)43-31-10-12-32(13-11-31)44-39(49)35-17-25(2)20-41-40(35)50-33-7-5-6-28(19-33)29-9-15-36(46)30(18-29)23-45-21-26(3)42-27(4)22-45/h5-9,14-20,26-27,31-32,42,46-47H,10-13,21-23H2,1-4H3,(H,43,48)(H,44,49)/t26-,27+,31?,32?. The zero-order chi connectivity index (χ0) is 35.4. The Morgan fingerprint density at radius 3 is 2.12 bits per heavy atom. The van der Waals surface area contributed by atoms with Crippen LogP contribution < -0.4 is 20.7 Å². The Morgan fingerprint density at radius 2 is 1.42 bits per heavy atom. The van der Waals surface area contributed by atoms with Crippen molar-refractivity contribution in [1.82, 2.24) is 25.8 Å². The first-order valence-corrected chi connectivity index (χ1v) is 17.5. The molecular formula is C40H47N5O5. The van der Waals surface area contributed by atoms with Gasteiger partial charge in [-0.3, -0.25) is 14.5 Å². The second kappa shape index (κ2) is 15.3. The Kier molecular flexibility index (Phi) is 10.7. The summed E-state index contributed by atoms with van der Waals surface area (Å²) in [6.07, 6.45) is 4.50. The minimum absolute atomic E-state index is 0.0363. The van der Waals surface area contributed by atoms with Gasteiger partial charge in [-0.2, -0.15) is 0 Å². The third-order valence-corrected chi connectivity index (χ3v) is 9.52. The number of ether oxygens (including phenoxy) is 1. The smallest absolute Gasteiger partial charge is 0.257 e. The first kappa shape index (κ1) is 34.9. The highest BCUT2D eigenvalue weighted by Crippen LogP contribution is 2.32. The average Bonchev–Trinajstić information content (AvgIpc) is 3.08. The van der Waals surface area contributed by atoms with E-state index < -0.39 is 0 Å². The van der Waals surface area contributed by atoms with Crippen molar-refractivity contribution in [2.24, 2.45) is 0 Å². The topological polar surface area (TPSA) is 136 Å². The van der Waals surface area contributed by atoms with E-state index in [9.17, 15) is 19.8 Å². The van der Waals surface area contributed by atoms with Gasteiger partial charge >= 0.3 is 0 Å². The van der Waals surface area contributed by atoms with Crippen molar-refractivity contribution in [3.8, 4) is 34.3 Å². The fourth-order valence-corrected chi connectivity index (χ4v) is 7.09. The molecular weight excluding hydrogens is 630 g/mol. The molecule has 0 bridgehead atoms. The largest absolute Gasteiger partial charge is 0.508 e. The van der Waals surface area contributed by atoms with E-state index in [1.54, 1.807) is 30.5 Å². The molecule has 2 heterocycles. The lowest BCUT2D eigenvalue weighted by Crippen LogP contribution is -2.53. The number of hydrogen-bond acceptors (Lipinski definition) is 8. The lowest BCUT2D eigenvalue weighted by atomic mass is 9.90. The van der Waals surface area contributed by atoms with Gasteiger partial charge in [0.05, 0.1) is 5.56 Å². The SMILES string of the molecule is Cc1ccc(O)c(C(=O)NC2CCC(NC(=O)c3cc(C)cnc3Oc3cccc(-c4ccc(O)c(CN5C[C@@H](C)N[C@@H](C)C5)c4)c3)CC2)c1. The van der Waals surface area contributed by atoms with Crippen LogP contribution in [0, 0.1) is 13.8 Å². The molecule has 1 saturated carbocycles. The van der Waals surface area contributed by atoms with Crippen LogP contribution in [0.25, 0.3) is 11.1 Å². The number of rotatable bonds is 9. The van der Waals surface area contributed by atoms with Gasteiger partial charge in [-0.1, -0.05) is 29.8 Å². The molecule has 1 aromatic heterocycles. The Balaban J connectivity index is 1.09. The van der Waals surface area contributed by atoms with E-state index in [0.717, 1.165) is 40.9 Å². The van der Waals surface area contributed by atoms with Crippen molar-refractivity contribution in [1.29, 1.82) is 0 Å². The summed E-state index contributed by atoms with van der Waals surface area (Å²) < 4.78 is 6.25. The highest BCUT2D eigenvalue weighted by Gasteiger charge is 2.27. The molecule has 3 aromatic carbocycles. The summed E-state index contributed by atoms with van der Waals surface area (Å²) in [5, 5.41) is 30.6. The summed E-state index contributed by atoms with van der Waals surface area (Å²) in [6.45, 7) is 10.6. The second-order valence-electron chi connectivity index (χ2n) is 14.0. The molecule has 0 unspecified atom stereocenters. The molecule has 2 amide bonds. The number of amides is 2. The van der Waals surface area contributed by atoms with Gasteiger partial charge in [0.1, 0.15) is 22.8 Å². The molecule has 4 aromatic rings. The van der Waals surface area contributed by atoms with Crippen LogP contribution in [0.15, 0.2) is 72.9 Å². The van der Waals surface area contributed by atoms with Crippen molar-refractivity contribution in [3.63, 3.8) is 0 Å². The molecule has 0 spiro atoms. The van der Waals surface area contributed by atoms with Crippen molar-refractivity contribution < 1.29 is 24.5 Å². The van der Waals surface area contributed by atoms with Crippen molar-refractivity contribution >= 4 is 11.8 Å². The van der Waals surface area contributed by atoms with E-state index in [0.29, 0.717) is 55.6 Å². The lowest BCUT2D eigenvalue weighted by molar-refractivity contribution is 0.0888. The van der Waals surface area contributed by atoms with Crippen LogP contribution in [0.4, 0.5) is 0 Å². The maximum atomic E-state index is 13.6. The predicted octanol–water partition coefficient (Wildman–Crippen LogP) is 6.22. The number of phenols is 2. The lowest BCUT2D eigenvalue weighted by Gasteiger charge is -2.36. The van der Waals surface area contributed by atoms with Crippen molar-refractivity contribution in [3.05, 3.63) is 101 Å². The first-order valence-electron chi connectivity index (χ1n) is 17.5. The number of carbonyl (C=O) groups is 2. The quantitative estimate of drug-likeness (QED) is 0.141. The molecule has 10 heteroatoms. The van der Waals surface area contributed by atoms with Gasteiger partial charge in [0.2, 0.25) is 5.88 Å². The van der Waals surface area contributed by atoms with E-state index in [4.69, 9.17) is 4.74 Å². The molecule has 2 aliphatic rings. The van der Waals surface area contributed by atoms with Gasteiger partial charge in [-0.25, -0.2) is 4.98 Å². The normalized spacial score (nSPS) is 21.0. The van der Waals surface area contributed by atoms with Crippen LogP contribution in [-0.2, 0) is 6.54 Å². The number of phenolic OH excluding ortho intramolecular Hbond substituents is 2. The van der Waals surface area contributed by atoms with Gasteiger partial charge in [-0.05, 0) is 113 Å². The molecule has 262 valence electrons. The number of pyridine rings is 1. The highest BCUT2D eigenvalue weighted by molar-refractivity contribution is 5.97. The fourth-order valence-electron chi connectivity index (χ4n) is 7.09. The van der Waals surface area contributed by atoms with Crippen LogP contribution in [0.3, 0.4) is 0 Å². The van der Waals surface area contributed by atoms with Gasteiger partial charge in [0.25, 0.3) is 11.8 Å². The summed E-state index contributed by atoms with van der Waals surface area (Å²) in [5.74, 6) is 0.455. The molecule has 5 N–H and O–H groups in total. The number of piperazine rings is 1. The van der Waals surface area contributed by atoms with Gasteiger partial charge < -0.3 is 30.9 Å². The Bertz CT molecular complexity index is 1840. The van der Waals surface area contributed by atoms with E-state index in [-0.39, 0.29) is 46.8 Å². The maximum Gasteiger partial charge on any atom is 0.257 e. The number of aromatic hydroxyl groups is 2. The molecule has 10 nitrogen and oxygen atoms in total. The summed E-state index contributed by atoms with van der Waals surface area (Å²) in [4.78, 5) is 33.2. The number of carbonyl (C=O) groups excluding carboxylic acids is 2. The molecule has 50 heavy (non-hydrogen) atoms. The summed E-state index contributed by atoms with van der Waals surface area (Å²) in [7, 11) is 0. The second-order valence-corrected chi connectivity index (χ2v) is 14.0. The molecule has 2 fully saturated rings. The number of hydrogen-bond donors (Lipinski definition) is 5. The minimum atomic E-state index is -0.291. The summed E-state index contributed by atoms with van der Waals surface area (Å²) in [6, 6.07) is 20.8. The number of nitrogens with zero attached hydrogens (tertiary/aromatic N) is 2. The van der Waals surface area contributed by atoms with Crippen LogP contribution >= 0.6 is 0 Å². The summed E-state index contributed by atoms with van der Waals surface area (Å²) >= 11 is 0. The van der Waals surface area contributed by atoms with Crippen LogP contribution in [0.1, 0.15) is 76.9 Å². The van der Waals surface area contributed by atoms with Crippen LogP contribution in [0.5, 0.6) is 23.1 Å². The monoisotopic (exact) mass is 677 g/mol. The predicted molar refractivity (Wildman–Crippen MR) is 194 cm³/mol. The number of aromatic nitrogens is 1. The first-order chi connectivity index (χ1) is 24.0. The zero-order valence-electron chi connectivity index (χ0n) is 29.2. The highest BCUT2D eigenvalue weighted by atomic mass is 16.5. The maximum absolute atomic E-state index is 13.6. The molecule has 1 aliphatic carbocycles. The number of aryl methyl sites for hydroxylation is 2. The van der Waals surface area contributed by atoms with Gasteiger partial charge in [0, 0.05) is 55.6 Å². The summed E-state index contributed by atoms with van der Waals surface area (Å²) in [5.41, 5.74) is 5.12.